The summed E-state index contributed by atoms with van der Waals surface area (Å²) in [4.78, 5) is 28.7. The molecule has 1 fully saturated rings. The number of alkyl halides is 2. The number of para-hydroxylation sites is 1. The fourth-order valence-electron chi connectivity index (χ4n) is 5.37. The van der Waals surface area contributed by atoms with Gasteiger partial charge in [-0.05, 0) is 52.3 Å². The van der Waals surface area contributed by atoms with Crippen LogP contribution in [0.15, 0.2) is 35.1 Å². The van der Waals surface area contributed by atoms with Crippen LogP contribution in [0.2, 0.25) is 0 Å². The zero-order valence-corrected chi connectivity index (χ0v) is 20.0. The van der Waals surface area contributed by atoms with Crippen LogP contribution in [0.25, 0.3) is 10.9 Å². The number of hydrogen-bond acceptors (Lipinski definition) is 4. The molecule has 182 valence electrons. The maximum absolute atomic E-state index is 14.8. The van der Waals surface area contributed by atoms with Gasteiger partial charge in [0.1, 0.15) is 5.75 Å². The van der Waals surface area contributed by atoms with E-state index >= 15 is 0 Å². The molecule has 2 N–H and O–H groups in total. The number of ketones is 1. The number of benzene rings is 1. The number of Topliss-reactive ketones (excluding diaryl/α,β-unsaturated/α-hetero) is 1. The predicted molar refractivity (Wildman–Crippen MR) is 128 cm³/mol. The van der Waals surface area contributed by atoms with Gasteiger partial charge in [-0.15, -0.1) is 0 Å². The second-order valence-electron chi connectivity index (χ2n) is 9.17. The number of nitrogens with zero attached hydrogens (tertiary/aromatic N) is 1. The number of halogens is 2. The van der Waals surface area contributed by atoms with Crippen molar-refractivity contribution in [3.8, 4) is 5.75 Å². The molecular weight excluding hydrogens is 440 g/mol. The summed E-state index contributed by atoms with van der Waals surface area (Å²) < 4.78 is 36.8. The number of rotatable bonds is 7. The first kappa shape index (κ1) is 24.1. The van der Waals surface area contributed by atoms with Crippen LogP contribution in [0.4, 0.5) is 8.78 Å². The molecule has 4 rings (SSSR count). The Morgan fingerprint density at radius 1 is 1.29 bits per heavy atom. The molecule has 0 radical (unpaired) electrons. The van der Waals surface area contributed by atoms with Gasteiger partial charge in [-0.3, -0.25) is 9.59 Å². The lowest BCUT2D eigenvalue weighted by Crippen LogP contribution is -2.48. The molecule has 2 aromatic heterocycles. The summed E-state index contributed by atoms with van der Waals surface area (Å²) in [6, 6.07) is 8.70. The average Bonchev–Trinajstić information content (AvgIpc) is 3.08. The third kappa shape index (κ3) is 4.27. The van der Waals surface area contributed by atoms with Gasteiger partial charge in [0.25, 0.3) is 11.5 Å². The molecule has 0 spiro atoms. The van der Waals surface area contributed by atoms with Crippen molar-refractivity contribution in [1.82, 2.24) is 14.9 Å². The molecule has 34 heavy (non-hydrogen) atoms. The Morgan fingerprint density at radius 3 is 2.74 bits per heavy atom. The number of fused-ring (bicyclic) bond motifs is 1. The lowest BCUT2D eigenvalue weighted by molar-refractivity contribution is -0.0890. The summed E-state index contributed by atoms with van der Waals surface area (Å²) in [5.74, 6) is -3.34. The van der Waals surface area contributed by atoms with Crippen molar-refractivity contribution in [2.75, 3.05) is 20.2 Å². The van der Waals surface area contributed by atoms with E-state index in [1.165, 1.54) is 7.11 Å². The second-order valence-corrected chi connectivity index (χ2v) is 9.17. The van der Waals surface area contributed by atoms with E-state index in [2.05, 4.69) is 10.3 Å². The molecular formula is C26H31F2N3O3. The van der Waals surface area contributed by atoms with E-state index in [0.29, 0.717) is 41.2 Å². The Hall–Kier alpha value is -3.00. The molecule has 0 amide bonds. The van der Waals surface area contributed by atoms with Gasteiger partial charge in [0.2, 0.25) is 0 Å². The quantitative estimate of drug-likeness (QED) is 0.495. The monoisotopic (exact) mass is 471 g/mol. The highest BCUT2D eigenvalue weighted by atomic mass is 19.3. The van der Waals surface area contributed by atoms with Gasteiger partial charge in [-0.1, -0.05) is 18.2 Å². The second kappa shape index (κ2) is 9.33. The van der Waals surface area contributed by atoms with Gasteiger partial charge in [-0.2, -0.15) is 0 Å². The van der Waals surface area contributed by atoms with Gasteiger partial charge in [0.15, 0.2) is 5.78 Å². The van der Waals surface area contributed by atoms with Crippen molar-refractivity contribution in [2.24, 2.45) is 5.92 Å². The van der Waals surface area contributed by atoms with Crippen LogP contribution in [0.3, 0.4) is 0 Å². The summed E-state index contributed by atoms with van der Waals surface area (Å²) in [7, 11) is 1.50. The summed E-state index contributed by atoms with van der Waals surface area (Å²) in [5, 5.41) is 3.53. The van der Waals surface area contributed by atoms with Gasteiger partial charge in [0, 0.05) is 46.2 Å². The first-order valence-corrected chi connectivity index (χ1v) is 11.6. The lowest BCUT2D eigenvalue weighted by Gasteiger charge is -2.37. The predicted octanol–water partition coefficient (Wildman–Crippen LogP) is 4.58. The van der Waals surface area contributed by atoms with Gasteiger partial charge >= 0.3 is 0 Å². The third-order valence-corrected chi connectivity index (χ3v) is 7.01. The molecule has 0 bridgehead atoms. The van der Waals surface area contributed by atoms with Crippen molar-refractivity contribution >= 4 is 16.7 Å². The highest BCUT2D eigenvalue weighted by molar-refractivity contribution is 6.09. The van der Waals surface area contributed by atoms with Crippen molar-refractivity contribution < 1.29 is 18.3 Å². The van der Waals surface area contributed by atoms with Crippen LogP contribution in [0, 0.1) is 19.8 Å². The van der Waals surface area contributed by atoms with E-state index in [9.17, 15) is 18.4 Å². The van der Waals surface area contributed by atoms with E-state index in [4.69, 9.17) is 4.74 Å². The zero-order chi connectivity index (χ0) is 24.6. The number of aryl methyl sites for hydroxylation is 1. The summed E-state index contributed by atoms with van der Waals surface area (Å²) in [6.45, 7) is 5.61. The van der Waals surface area contributed by atoms with E-state index in [0.717, 1.165) is 10.9 Å². The Labute approximate surface area is 197 Å². The lowest BCUT2D eigenvalue weighted by atomic mass is 9.87. The Kier molecular flexibility index (Phi) is 6.62. The average molecular weight is 472 g/mol. The molecule has 2 atom stereocenters. The number of piperidine rings is 1. The fourth-order valence-corrected chi connectivity index (χ4v) is 5.37. The minimum Gasteiger partial charge on any atom is -0.496 e. The first-order valence-electron chi connectivity index (χ1n) is 11.6. The smallest absolute Gasteiger partial charge is 0.265 e. The minimum absolute atomic E-state index is 0.106. The summed E-state index contributed by atoms with van der Waals surface area (Å²) in [6.07, 6.45) is 0.688. The molecule has 0 aliphatic carbocycles. The van der Waals surface area contributed by atoms with E-state index in [1.807, 2.05) is 42.7 Å². The largest absolute Gasteiger partial charge is 0.496 e. The molecule has 3 aromatic rings. The molecule has 1 saturated heterocycles. The van der Waals surface area contributed by atoms with Crippen LogP contribution >= 0.6 is 0 Å². The number of methoxy groups -OCH3 is 1. The van der Waals surface area contributed by atoms with Crippen LogP contribution in [0.5, 0.6) is 5.75 Å². The number of aromatic nitrogens is 2. The third-order valence-electron chi connectivity index (χ3n) is 7.01. The number of ether oxygens (including phenoxy) is 1. The molecule has 1 aliphatic heterocycles. The highest BCUT2D eigenvalue weighted by Crippen LogP contribution is 2.41. The standard InChI is InChI=1S/C26H31F2N3O3/c1-15-13-23(34-4)19(25(33)30-15)9-10-22(32)24-17(3)31(21-8-6-5-7-18(21)24)16(2)20-11-12-29-14-26(20,27)28/h5-8,13,16,20,29H,9-12,14H2,1-4H3,(H,30,33)/t16-,20?/m1/s1. The minimum atomic E-state index is -2.83. The first-order chi connectivity index (χ1) is 16.2. The maximum atomic E-state index is 14.8. The van der Waals surface area contributed by atoms with E-state index in [-0.39, 0.29) is 30.7 Å². The molecule has 8 heteroatoms. The Bertz CT molecular complexity index is 1280. The number of aromatic amines is 1. The Morgan fingerprint density at radius 2 is 2.03 bits per heavy atom. The van der Waals surface area contributed by atoms with E-state index in [1.54, 1.807) is 13.0 Å². The van der Waals surface area contributed by atoms with Crippen molar-refractivity contribution in [2.45, 2.75) is 52.0 Å². The number of nitrogens with one attached hydrogen (secondary N) is 2. The van der Waals surface area contributed by atoms with Crippen LogP contribution in [0.1, 0.15) is 53.1 Å². The zero-order valence-electron chi connectivity index (χ0n) is 20.0. The van der Waals surface area contributed by atoms with Crippen molar-refractivity contribution in [3.63, 3.8) is 0 Å². The molecule has 1 aliphatic rings. The van der Waals surface area contributed by atoms with Gasteiger partial charge in [-0.25, -0.2) is 8.78 Å². The van der Waals surface area contributed by atoms with Gasteiger partial charge in [0.05, 0.1) is 19.2 Å². The number of carbonyl (C=O) groups excluding carboxylic acids is 1. The van der Waals surface area contributed by atoms with Crippen molar-refractivity contribution in [3.05, 3.63) is 63.2 Å². The Balaban J connectivity index is 1.70. The normalized spacial score (nSPS) is 18.7. The van der Waals surface area contributed by atoms with Gasteiger partial charge < -0.3 is 19.6 Å². The summed E-state index contributed by atoms with van der Waals surface area (Å²) in [5.41, 5.74) is 2.81. The van der Waals surface area contributed by atoms with Crippen LogP contribution in [-0.4, -0.2) is 41.5 Å². The topological polar surface area (TPSA) is 76.1 Å². The molecule has 6 nitrogen and oxygen atoms in total. The number of hydrogen-bond donors (Lipinski definition) is 2. The highest BCUT2D eigenvalue weighted by Gasteiger charge is 2.45. The molecule has 1 aromatic carbocycles. The number of carbonyl (C=O) groups is 1. The van der Waals surface area contributed by atoms with E-state index < -0.39 is 17.9 Å². The summed E-state index contributed by atoms with van der Waals surface area (Å²) >= 11 is 0. The number of H-pyrrole nitrogens is 1. The maximum Gasteiger partial charge on any atom is 0.265 e. The SMILES string of the molecule is COc1cc(C)[nH]c(=O)c1CCC(=O)c1c(C)n([C@H](C)C2CCNCC2(F)F)c2ccccc12. The molecule has 1 unspecified atom stereocenters. The van der Waals surface area contributed by atoms with Crippen LogP contribution < -0.4 is 15.6 Å². The number of pyridine rings is 1. The fraction of sp³-hybridized carbons (Fsp3) is 0.462. The van der Waals surface area contributed by atoms with Crippen molar-refractivity contribution in [1.29, 1.82) is 0 Å². The van der Waals surface area contributed by atoms with Crippen LogP contribution in [-0.2, 0) is 6.42 Å². The molecule has 0 saturated carbocycles. The molecule has 3 heterocycles.